The lowest BCUT2D eigenvalue weighted by molar-refractivity contribution is -0.123. The van der Waals surface area contributed by atoms with Gasteiger partial charge in [-0.25, -0.2) is 13.7 Å². The first-order chi connectivity index (χ1) is 14.8. The molecule has 0 spiro atoms. The van der Waals surface area contributed by atoms with E-state index < -0.39 is 41.4 Å². The number of nitrogens with one attached hydrogen (secondary N) is 1. The van der Waals surface area contributed by atoms with E-state index in [0.29, 0.717) is 5.69 Å². The van der Waals surface area contributed by atoms with E-state index in [0.717, 1.165) is 45.7 Å². The van der Waals surface area contributed by atoms with E-state index in [4.69, 9.17) is 0 Å². The van der Waals surface area contributed by atoms with Gasteiger partial charge in [0.2, 0.25) is 5.91 Å². The van der Waals surface area contributed by atoms with E-state index in [-0.39, 0.29) is 12.2 Å². The minimum atomic E-state index is -1.18. The third-order valence-corrected chi connectivity index (χ3v) is 5.33. The molecule has 160 valence electrons. The van der Waals surface area contributed by atoms with Crippen molar-refractivity contribution in [2.24, 2.45) is 10.3 Å². The van der Waals surface area contributed by atoms with Gasteiger partial charge in [-0.15, -0.1) is 0 Å². The number of imide groups is 1. The second-order valence-corrected chi connectivity index (χ2v) is 7.31. The summed E-state index contributed by atoms with van der Waals surface area (Å²) in [7, 11) is 0. The van der Waals surface area contributed by atoms with Crippen LogP contribution in [0.2, 0.25) is 0 Å². The number of amides is 3. The van der Waals surface area contributed by atoms with E-state index in [9.17, 15) is 23.2 Å². The van der Waals surface area contributed by atoms with Crippen molar-refractivity contribution in [3.8, 4) is 0 Å². The Kier molecular flexibility index (Phi) is 5.22. The molecule has 2 aliphatic rings. The Morgan fingerprint density at radius 2 is 1.90 bits per heavy atom. The molecule has 0 saturated carbocycles. The Bertz CT molecular complexity index is 1120. The Morgan fingerprint density at radius 3 is 2.61 bits per heavy atom. The van der Waals surface area contributed by atoms with Gasteiger partial charge in [-0.05, 0) is 36.6 Å². The van der Waals surface area contributed by atoms with Crippen molar-refractivity contribution in [2.45, 2.75) is 32.4 Å². The zero-order valence-electron chi connectivity index (χ0n) is 16.8. The molecular weight excluding hydrogens is 408 g/mol. The molecule has 1 N–H and O–H groups in total. The quantitative estimate of drug-likeness (QED) is 0.743. The summed E-state index contributed by atoms with van der Waals surface area (Å²) in [6.07, 6.45) is 0.724. The molecule has 31 heavy (non-hydrogen) atoms. The van der Waals surface area contributed by atoms with Crippen LogP contribution >= 0.6 is 0 Å². The molecule has 2 heterocycles. The van der Waals surface area contributed by atoms with E-state index in [1.807, 2.05) is 32.0 Å². The molecule has 2 aliphatic heterocycles. The van der Waals surface area contributed by atoms with Crippen molar-refractivity contribution in [3.05, 3.63) is 59.2 Å². The molecule has 2 aromatic carbocycles. The fraction of sp³-hybridized carbons (Fsp3) is 0.286. The fourth-order valence-corrected chi connectivity index (χ4v) is 3.76. The first-order valence-corrected chi connectivity index (χ1v) is 9.70. The van der Waals surface area contributed by atoms with Crippen molar-refractivity contribution in [3.63, 3.8) is 0 Å². The van der Waals surface area contributed by atoms with E-state index in [1.54, 1.807) is 0 Å². The van der Waals surface area contributed by atoms with Gasteiger partial charge in [-0.1, -0.05) is 30.3 Å². The smallest absolute Gasteiger partial charge is 0.263 e. The van der Waals surface area contributed by atoms with Gasteiger partial charge in [-0.2, -0.15) is 5.11 Å². The summed E-state index contributed by atoms with van der Waals surface area (Å²) in [4.78, 5) is 38.9. The number of carbonyl (C=O) groups is 3. The maximum Gasteiger partial charge on any atom is 0.263 e. The van der Waals surface area contributed by atoms with E-state index >= 15 is 0 Å². The minimum absolute atomic E-state index is 0.101. The van der Waals surface area contributed by atoms with E-state index in [2.05, 4.69) is 15.7 Å². The van der Waals surface area contributed by atoms with Crippen molar-refractivity contribution < 1.29 is 23.2 Å². The fourth-order valence-electron chi connectivity index (χ4n) is 3.76. The van der Waals surface area contributed by atoms with Crippen LogP contribution in [0.5, 0.6) is 0 Å². The average Bonchev–Trinajstić information content (AvgIpc) is 3.25. The molecule has 2 atom stereocenters. The highest BCUT2D eigenvalue weighted by atomic mass is 19.2. The summed E-state index contributed by atoms with van der Waals surface area (Å²) < 4.78 is 26.8. The number of anilines is 2. The number of rotatable bonds is 5. The summed E-state index contributed by atoms with van der Waals surface area (Å²) in [5.74, 6) is -4.11. The number of benzene rings is 2. The van der Waals surface area contributed by atoms with Gasteiger partial charge in [-0.3, -0.25) is 19.4 Å². The second kappa shape index (κ2) is 7.86. The van der Waals surface area contributed by atoms with Crippen molar-refractivity contribution in [1.29, 1.82) is 0 Å². The molecule has 10 heteroatoms. The number of para-hydroxylation sites is 1. The molecule has 0 radical (unpaired) electrons. The van der Waals surface area contributed by atoms with Gasteiger partial charge >= 0.3 is 0 Å². The topological polar surface area (TPSA) is 94.4 Å². The standard InChI is InChI=1S/C21H19F2N5O3/c1-3-12-6-4-5-11(2)17(12)24-16(29)10-27-19-18(25-26-27)20(30)28(21(19)31)13-7-8-14(22)15(23)9-13/h4-9,18-19H,3,10H2,1-2H3,(H,24,29)/t18-,19-/m1/s1. The summed E-state index contributed by atoms with van der Waals surface area (Å²) in [5.41, 5.74) is 2.45. The Hall–Kier alpha value is -3.69. The third kappa shape index (κ3) is 3.54. The monoisotopic (exact) mass is 427 g/mol. The van der Waals surface area contributed by atoms with Crippen LogP contribution in [0.3, 0.4) is 0 Å². The summed E-state index contributed by atoms with van der Waals surface area (Å²) >= 11 is 0. The zero-order valence-corrected chi connectivity index (χ0v) is 16.8. The van der Waals surface area contributed by atoms with Crippen LogP contribution < -0.4 is 10.2 Å². The Morgan fingerprint density at radius 1 is 1.13 bits per heavy atom. The highest BCUT2D eigenvalue weighted by molar-refractivity contribution is 6.25. The Labute approximate surface area is 176 Å². The van der Waals surface area contributed by atoms with Crippen molar-refractivity contribution in [1.82, 2.24) is 5.01 Å². The molecule has 1 saturated heterocycles. The zero-order chi connectivity index (χ0) is 22.3. The molecule has 3 amide bonds. The van der Waals surface area contributed by atoms with Crippen LogP contribution in [-0.4, -0.2) is 41.4 Å². The number of nitrogens with zero attached hydrogens (tertiary/aromatic N) is 4. The van der Waals surface area contributed by atoms with Crippen molar-refractivity contribution >= 4 is 29.1 Å². The number of hydrogen-bond acceptors (Lipinski definition) is 6. The summed E-state index contributed by atoms with van der Waals surface area (Å²) in [5, 5.41) is 11.6. The highest BCUT2D eigenvalue weighted by Crippen LogP contribution is 2.32. The van der Waals surface area contributed by atoms with Gasteiger partial charge in [0.05, 0.1) is 5.69 Å². The minimum Gasteiger partial charge on any atom is -0.324 e. The predicted molar refractivity (Wildman–Crippen MR) is 107 cm³/mol. The second-order valence-electron chi connectivity index (χ2n) is 7.31. The third-order valence-electron chi connectivity index (χ3n) is 5.33. The molecule has 2 aromatic rings. The average molecular weight is 427 g/mol. The predicted octanol–water partition coefficient (Wildman–Crippen LogP) is 2.77. The first kappa shape index (κ1) is 20.6. The van der Waals surface area contributed by atoms with Crippen LogP contribution in [0.15, 0.2) is 46.7 Å². The van der Waals surface area contributed by atoms with Gasteiger partial charge in [0, 0.05) is 11.8 Å². The first-order valence-electron chi connectivity index (χ1n) is 9.70. The lowest BCUT2D eigenvalue weighted by Gasteiger charge is -2.21. The largest absolute Gasteiger partial charge is 0.324 e. The van der Waals surface area contributed by atoms with Crippen LogP contribution in [0.25, 0.3) is 0 Å². The SMILES string of the molecule is CCc1cccc(C)c1NC(=O)CN1N=N[C@H]2C(=O)N(c3ccc(F)c(F)c3)C(=O)[C@@H]21. The maximum atomic E-state index is 13.6. The lowest BCUT2D eigenvalue weighted by atomic mass is 10.1. The van der Waals surface area contributed by atoms with Gasteiger partial charge in [0.1, 0.15) is 6.54 Å². The number of hydrogen-bond donors (Lipinski definition) is 1. The number of fused-ring (bicyclic) bond motifs is 1. The molecule has 0 aromatic heterocycles. The summed E-state index contributed by atoms with van der Waals surface area (Å²) in [6, 6.07) is 6.16. The number of aryl methyl sites for hydroxylation is 2. The van der Waals surface area contributed by atoms with Crippen LogP contribution in [0.4, 0.5) is 20.2 Å². The molecule has 0 aliphatic carbocycles. The molecular formula is C21H19F2N5O3. The van der Waals surface area contributed by atoms with Crippen LogP contribution in [-0.2, 0) is 20.8 Å². The summed E-state index contributed by atoms with van der Waals surface area (Å²) in [6.45, 7) is 3.55. The maximum absolute atomic E-state index is 13.6. The lowest BCUT2D eigenvalue weighted by Crippen LogP contribution is -2.43. The van der Waals surface area contributed by atoms with Crippen molar-refractivity contribution in [2.75, 3.05) is 16.8 Å². The molecule has 1 fully saturated rings. The number of halogens is 2. The van der Waals surface area contributed by atoms with Gasteiger partial charge < -0.3 is 5.32 Å². The molecule has 0 unspecified atom stereocenters. The molecule has 8 nitrogen and oxygen atoms in total. The number of carbonyl (C=O) groups excluding carboxylic acids is 3. The van der Waals surface area contributed by atoms with Crippen LogP contribution in [0.1, 0.15) is 18.1 Å². The van der Waals surface area contributed by atoms with E-state index in [1.165, 1.54) is 0 Å². The van der Waals surface area contributed by atoms with Crippen LogP contribution in [0, 0.1) is 18.6 Å². The van der Waals surface area contributed by atoms with Gasteiger partial charge in [0.15, 0.2) is 23.7 Å². The Balaban J connectivity index is 1.52. The normalized spacial score (nSPS) is 19.9. The van der Waals surface area contributed by atoms with Gasteiger partial charge in [0.25, 0.3) is 11.8 Å². The molecule has 4 rings (SSSR count). The molecule has 0 bridgehead atoms. The highest BCUT2D eigenvalue weighted by Gasteiger charge is 2.55.